The topological polar surface area (TPSA) is 81.9 Å². The number of amides is 1. The van der Waals surface area contributed by atoms with Crippen molar-refractivity contribution in [2.75, 3.05) is 20.8 Å². The Morgan fingerprint density at radius 3 is 2.77 bits per heavy atom. The van der Waals surface area contributed by atoms with E-state index in [2.05, 4.69) is 10.3 Å². The Hall–Kier alpha value is -2.87. The van der Waals surface area contributed by atoms with E-state index in [0.717, 1.165) is 10.4 Å². The van der Waals surface area contributed by atoms with Gasteiger partial charge in [-0.05, 0) is 31.0 Å². The highest BCUT2D eigenvalue weighted by Gasteiger charge is 2.14. The molecule has 0 saturated heterocycles. The summed E-state index contributed by atoms with van der Waals surface area (Å²) in [6.45, 7) is 2.28. The molecule has 0 atom stereocenters. The lowest BCUT2D eigenvalue weighted by Gasteiger charge is -2.10. The standard InChI is InChI=1S/C18H19N3O4S/c1-11-10-21-17(23)13(9-20-18(21)26-11)16(22)19-7-6-12-4-5-14(24-2)15(8-12)25-3/h4-5,8-10H,6-7H2,1-3H3,(H,19,22). The van der Waals surface area contributed by atoms with Crippen LogP contribution in [0.5, 0.6) is 11.5 Å². The molecular formula is C18H19N3O4S. The third-order valence-corrected chi connectivity index (χ3v) is 4.83. The van der Waals surface area contributed by atoms with E-state index in [-0.39, 0.29) is 11.1 Å². The second-order valence-electron chi connectivity index (χ2n) is 5.67. The van der Waals surface area contributed by atoms with Crippen LogP contribution in [0.1, 0.15) is 20.8 Å². The van der Waals surface area contributed by atoms with Crippen LogP contribution in [0.25, 0.3) is 4.96 Å². The van der Waals surface area contributed by atoms with E-state index in [1.807, 2.05) is 25.1 Å². The van der Waals surface area contributed by atoms with Crippen LogP contribution in [0.3, 0.4) is 0 Å². The predicted molar refractivity (Wildman–Crippen MR) is 99.7 cm³/mol. The quantitative estimate of drug-likeness (QED) is 0.715. The number of nitrogens with one attached hydrogen (secondary N) is 1. The van der Waals surface area contributed by atoms with E-state index < -0.39 is 5.91 Å². The maximum atomic E-state index is 12.4. The summed E-state index contributed by atoms with van der Waals surface area (Å²) < 4.78 is 11.9. The molecule has 1 amide bonds. The Balaban J connectivity index is 1.68. The van der Waals surface area contributed by atoms with Crippen molar-refractivity contribution in [3.8, 4) is 11.5 Å². The first-order valence-corrected chi connectivity index (χ1v) is 8.82. The third-order valence-electron chi connectivity index (χ3n) is 3.91. The Labute approximate surface area is 154 Å². The number of thiazole rings is 1. The Morgan fingerprint density at radius 2 is 2.04 bits per heavy atom. The van der Waals surface area contributed by atoms with Crippen molar-refractivity contribution in [2.24, 2.45) is 0 Å². The minimum Gasteiger partial charge on any atom is -0.493 e. The molecule has 0 fully saturated rings. The summed E-state index contributed by atoms with van der Waals surface area (Å²) in [5.74, 6) is 0.858. The van der Waals surface area contributed by atoms with Gasteiger partial charge in [-0.1, -0.05) is 6.07 Å². The smallest absolute Gasteiger partial charge is 0.271 e. The molecule has 1 N–H and O–H groups in total. The number of carbonyl (C=O) groups excluding carboxylic acids is 1. The second kappa shape index (κ2) is 7.57. The summed E-state index contributed by atoms with van der Waals surface area (Å²) in [6.07, 6.45) is 3.62. The monoisotopic (exact) mass is 373 g/mol. The van der Waals surface area contributed by atoms with Crippen LogP contribution in [0.2, 0.25) is 0 Å². The number of hydrogen-bond donors (Lipinski definition) is 1. The summed E-state index contributed by atoms with van der Waals surface area (Å²) in [5, 5.41) is 2.76. The minimum absolute atomic E-state index is 0.0348. The van der Waals surface area contributed by atoms with Gasteiger partial charge in [0.1, 0.15) is 5.56 Å². The average Bonchev–Trinajstić information content (AvgIpc) is 3.03. The SMILES string of the molecule is COc1ccc(CCNC(=O)c2cnc3sc(C)cn3c2=O)cc1OC. The number of nitrogens with zero attached hydrogens (tertiary/aromatic N) is 2. The molecule has 0 unspecified atom stereocenters. The van der Waals surface area contributed by atoms with E-state index in [1.54, 1.807) is 20.4 Å². The van der Waals surface area contributed by atoms with Gasteiger partial charge in [0.05, 0.1) is 14.2 Å². The van der Waals surface area contributed by atoms with Gasteiger partial charge in [-0.3, -0.25) is 14.0 Å². The van der Waals surface area contributed by atoms with Crippen LogP contribution in [0, 0.1) is 6.92 Å². The summed E-state index contributed by atoms with van der Waals surface area (Å²) in [5.41, 5.74) is 0.664. The number of ether oxygens (including phenoxy) is 2. The van der Waals surface area contributed by atoms with Crippen molar-refractivity contribution in [3.63, 3.8) is 0 Å². The lowest BCUT2D eigenvalue weighted by atomic mass is 10.1. The molecule has 2 heterocycles. The van der Waals surface area contributed by atoms with E-state index in [0.29, 0.717) is 29.4 Å². The fourth-order valence-electron chi connectivity index (χ4n) is 2.60. The van der Waals surface area contributed by atoms with Gasteiger partial charge in [0.15, 0.2) is 16.5 Å². The molecule has 0 aliphatic carbocycles. The van der Waals surface area contributed by atoms with Crippen molar-refractivity contribution < 1.29 is 14.3 Å². The van der Waals surface area contributed by atoms with Crippen LogP contribution in [-0.4, -0.2) is 36.1 Å². The first kappa shape index (κ1) is 17.9. The van der Waals surface area contributed by atoms with E-state index >= 15 is 0 Å². The molecule has 8 heteroatoms. The van der Waals surface area contributed by atoms with Gasteiger partial charge in [-0.25, -0.2) is 4.98 Å². The molecule has 26 heavy (non-hydrogen) atoms. The highest BCUT2D eigenvalue weighted by molar-refractivity contribution is 7.16. The van der Waals surface area contributed by atoms with Crippen LogP contribution in [0.15, 0.2) is 35.4 Å². The van der Waals surface area contributed by atoms with Gasteiger partial charge < -0.3 is 14.8 Å². The summed E-state index contributed by atoms with van der Waals surface area (Å²) in [4.78, 5) is 30.5. The van der Waals surface area contributed by atoms with Crippen LogP contribution in [-0.2, 0) is 6.42 Å². The first-order valence-electron chi connectivity index (χ1n) is 8.00. The minimum atomic E-state index is -0.429. The molecule has 3 rings (SSSR count). The maximum Gasteiger partial charge on any atom is 0.271 e. The number of aromatic nitrogens is 2. The summed E-state index contributed by atoms with van der Waals surface area (Å²) in [6, 6.07) is 5.59. The van der Waals surface area contributed by atoms with Crippen molar-refractivity contribution in [1.82, 2.24) is 14.7 Å². The highest BCUT2D eigenvalue weighted by atomic mass is 32.1. The Morgan fingerprint density at radius 1 is 1.27 bits per heavy atom. The van der Waals surface area contributed by atoms with Crippen LogP contribution >= 0.6 is 11.3 Å². The van der Waals surface area contributed by atoms with Gasteiger partial charge in [-0.2, -0.15) is 0 Å². The summed E-state index contributed by atoms with van der Waals surface area (Å²) in [7, 11) is 3.16. The van der Waals surface area contributed by atoms with E-state index in [4.69, 9.17) is 9.47 Å². The van der Waals surface area contributed by atoms with E-state index in [9.17, 15) is 9.59 Å². The first-order chi connectivity index (χ1) is 12.5. The normalized spacial score (nSPS) is 10.7. The molecule has 0 spiro atoms. The van der Waals surface area contributed by atoms with Crippen LogP contribution in [0.4, 0.5) is 0 Å². The number of benzene rings is 1. The third kappa shape index (κ3) is 3.55. The Kier molecular flexibility index (Phi) is 5.22. The fourth-order valence-corrected chi connectivity index (χ4v) is 3.39. The van der Waals surface area contributed by atoms with Crippen molar-refractivity contribution in [3.05, 3.63) is 57.0 Å². The largest absolute Gasteiger partial charge is 0.493 e. The van der Waals surface area contributed by atoms with Crippen molar-refractivity contribution in [1.29, 1.82) is 0 Å². The lowest BCUT2D eigenvalue weighted by molar-refractivity contribution is 0.0952. The molecule has 7 nitrogen and oxygen atoms in total. The van der Waals surface area contributed by atoms with E-state index in [1.165, 1.54) is 21.9 Å². The second-order valence-corrected chi connectivity index (χ2v) is 6.88. The number of fused-ring (bicyclic) bond motifs is 1. The molecule has 0 bridgehead atoms. The molecule has 136 valence electrons. The predicted octanol–water partition coefficient (Wildman–Crippen LogP) is 2.05. The zero-order valence-electron chi connectivity index (χ0n) is 14.7. The zero-order valence-corrected chi connectivity index (χ0v) is 15.6. The van der Waals surface area contributed by atoms with Crippen molar-refractivity contribution in [2.45, 2.75) is 13.3 Å². The molecule has 3 aromatic rings. The molecule has 0 saturated carbocycles. The number of methoxy groups -OCH3 is 2. The zero-order chi connectivity index (χ0) is 18.7. The van der Waals surface area contributed by atoms with Gasteiger partial charge >= 0.3 is 0 Å². The summed E-state index contributed by atoms with van der Waals surface area (Å²) >= 11 is 1.41. The van der Waals surface area contributed by atoms with Gasteiger partial charge in [0.2, 0.25) is 0 Å². The van der Waals surface area contributed by atoms with Crippen molar-refractivity contribution >= 4 is 22.2 Å². The van der Waals surface area contributed by atoms with Gasteiger partial charge in [0.25, 0.3) is 11.5 Å². The molecular weight excluding hydrogens is 354 g/mol. The van der Waals surface area contributed by atoms with Gasteiger partial charge in [-0.15, -0.1) is 11.3 Å². The molecule has 2 aromatic heterocycles. The lowest BCUT2D eigenvalue weighted by Crippen LogP contribution is -2.32. The number of carbonyl (C=O) groups is 1. The fraction of sp³-hybridized carbons (Fsp3) is 0.278. The van der Waals surface area contributed by atoms with Crippen LogP contribution < -0.4 is 20.3 Å². The number of aryl methyl sites for hydroxylation is 1. The molecule has 0 aliphatic heterocycles. The maximum absolute atomic E-state index is 12.4. The van der Waals surface area contributed by atoms with Gasteiger partial charge in [0, 0.05) is 23.8 Å². The highest BCUT2D eigenvalue weighted by Crippen LogP contribution is 2.27. The molecule has 1 aromatic carbocycles. The average molecular weight is 373 g/mol. The Bertz CT molecular complexity index is 1010. The molecule has 0 radical (unpaired) electrons. The number of hydrogen-bond acceptors (Lipinski definition) is 6. The number of rotatable bonds is 6. The molecule has 0 aliphatic rings.